The Bertz CT molecular complexity index is 1330. The lowest BCUT2D eigenvalue weighted by atomic mass is 10.0. The Kier molecular flexibility index (Phi) is 6.89. The molecule has 2 unspecified atom stereocenters. The third kappa shape index (κ3) is 4.97. The lowest BCUT2D eigenvalue weighted by molar-refractivity contribution is -0.0416. The van der Waals surface area contributed by atoms with Gasteiger partial charge in [0.25, 0.3) is 0 Å². The third-order valence-electron chi connectivity index (χ3n) is 7.09. The van der Waals surface area contributed by atoms with Gasteiger partial charge in [-0.15, -0.1) is 0 Å². The van der Waals surface area contributed by atoms with E-state index in [1.807, 2.05) is 0 Å². The number of hydrogen-bond acceptors (Lipinski definition) is 3. The number of nitrogens with zero attached hydrogens (tertiary/aromatic N) is 2. The minimum absolute atomic E-state index is 0.0237. The molecule has 5 heteroatoms. The van der Waals surface area contributed by atoms with Crippen LogP contribution in [-0.2, 0) is 15.9 Å². The van der Waals surface area contributed by atoms with Crippen LogP contribution >= 0.6 is 0 Å². The van der Waals surface area contributed by atoms with Crippen molar-refractivity contribution in [2.75, 3.05) is 20.5 Å². The van der Waals surface area contributed by atoms with Gasteiger partial charge in [-0.3, -0.25) is 5.41 Å². The standard InChI is InChI=1S/C30H35N3O2/c1-21-8-12-23(13-9-21)18-26(19-35-20-34-3)32-27-6-4-5-7-28(27)33(30(32)31)29(25-16-17-25)24-14-10-22(2)11-15-24/h4-15,25-26,29,31H,16-20H2,1-3H3. The molecule has 1 aliphatic rings. The summed E-state index contributed by atoms with van der Waals surface area (Å²) in [6, 6.07) is 26.1. The van der Waals surface area contributed by atoms with Gasteiger partial charge in [-0.2, -0.15) is 0 Å². The molecule has 5 nitrogen and oxygen atoms in total. The Balaban J connectivity index is 1.63. The van der Waals surface area contributed by atoms with Crippen molar-refractivity contribution in [2.24, 2.45) is 5.92 Å². The summed E-state index contributed by atoms with van der Waals surface area (Å²) in [5.74, 6) is 0.561. The van der Waals surface area contributed by atoms with Crippen LogP contribution < -0.4 is 5.62 Å². The molecule has 2 atom stereocenters. The Morgan fingerprint density at radius 2 is 1.46 bits per heavy atom. The van der Waals surface area contributed by atoms with Gasteiger partial charge in [0.05, 0.1) is 29.7 Å². The summed E-state index contributed by atoms with van der Waals surface area (Å²) in [6.45, 7) is 4.95. The number of para-hydroxylation sites is 2. The van der Waals surface area contributed by atoms with Crippen molar-refractivity contribution in [2.45, 2.75) is 45.2 Å². The number of benzene rings is 3. The predicted molar refractivity (Wildman–Crippen MR) is 140 cm³/mol. The van der Waals surface area contributed by atoms with Gasteiger partial charge in [-0.25, -0.2) is 0 Å². The van der Waals surface area contributed by atoms with Crippen molar-refractivity contribution >= 4 is 11.0 Å². The molecule has 1 N–H and O–H groups in total. The number of fused-ring (bicyclic) bond motifs is 1. The molecule has 0 amide bonds. The first kappa shape index (κ1) is 23.6. The zero-order chi connectivity index (χ0) is 24.4. The summed E-state index contributed by atoms with van der Waals surface area (Å²) >= 11 is 0. The highest BCUT2D eigenvalue weighted by molar-refractivity contribution is 5.76. The van der Waals surface area contributed by atoms with E-state index in [1.165, 1.54) is 35.1 Å². The molecule has 1 heterocycles. The van der Waals surface area contributed by atoms with Gasteiger partial charge in [0.2, 0.25) is 5.62 Å². The van der Waals surface area contributed by atoms with E-state index in [9.17, 15) is 5.41 Å². The molecular formula is C30H35N3O2. The average Bonchev–Trinajstić information content (AvgIpc) is 3.66. The minimum atomic E-state index is -0.0237. The summed E-state index contributed by atoms with van der Waals surface area (Å²) in [6.07, 6.45) is 3.19. The lowest BCUT2D eigenvalue weighted by Crippen LogP contribution is -2.33. The number of nitrogens with one attached hydrogen (secondary N) is 1. The maximum Gasteiger partial charge on any atom is 0.203 e. The number of imidazole rings is 1. The molecule has 0 saturated heterocycles. The van der Waals surface area contributed by atoms with Gasteiger partial charge >= 0.3 is 0 Å². The van der Waals surface area contributed by atoms with Gasteiger partial charge < -0.3 is 18.6 Å². The molecular weight excluding hydrogens is 434 g/mol. The molecule has 1 fully saturated rings. The summed E-state index contributed by atoms with van der Waals surface area (Å²) in [7, 11) is 1.64. The van der Waals surface area contributed by atoms with E-state index in [0.717, 1.165) is 17.5 Å². The molecule has 182 valence electrons. The van der Waals surface area contributed by atoms with Crippen LogP contribution in [0.5, 0.6) is 0 Å². The quantitative estimate of drug-likeness (QED) is 0.231. The van der Waals surface area contributed by atoms with Crippen molar-refractivity contribution < 1.29 is 9.47 Å². The van der Waals surface area contributed by atoms with E-state index in [1.54, 1.807) is 7.11 Å². The molecule has 0 radical (unpaired) electrons. The first-order chi connectivity index (χ1) is 17.1. The molecule has 5 rings (SSSR count). The molecule has 35 heavy (non-hydrogen) atoms. The normalized spacial score (nSPS) is 15.4. The predicted octanol–water partition coefficient (Wildman–Crippen LogP) is 5.94. The molecule has 0 bridgehead atoms. The van der Waals surface area contributed by atoms with E-state index in [0.29, 0.717) is 18.1 Å². The third-order valence-corrected chi connectivity index (χ3v) is 7.09. The Labute approximate surface area is 207 Å². The molecule has 1 aromatic heterocycles. The molecule has 4 aromatic rings. The highest BCUT2D eigenvalue weighted by Crippen LogP contribution is 2.44. The topological polar surface area (TPSA) is 52.2 Å². The highest BCUT2D eigenvalue weighted by atomic mass is 16.7. The maximum absolute atomic E-state index is 9.47. The number of aryl methyl sites for hydroxylation is 2. The van der Waals surface area contributed by atoms with E-state index >= 15 is 0 Å². The van der Waals surface area contributed by atoms with Crippen LogP contribution in [0.2, 0.25) is 0 Å². The van der Waals surface area contributed by atoms with Gasteiger partial charge in [0, 0.05) is 7.11 Å². The maximum atomic E-state index is 9.47. The fourth-order valence-corrected chi connectivity index (χ4v) is 5.16. The van der Waals surface area contributed by atoms with Crippen LogP contribution in [0, 0.1) is 25.2 Å². The monoisotopic (exact) mass is 469 g/mol. The van der Waals surface area contributed by atoms with Gasteiger partial charge in [0.1, 0.15) is 6.79 Å². The summed E-state index contributed by atoms with van der Waals surface area (Å²) in [5, 5.41) is 9.47. The molecule has 0 aliphatic heterocycles. The van der Waals surface area contributed by atoms with Crippen LogP contribution in [0.15, 0.2) is 72.8 Å². The first-order valence-electron chi connectivity index (χ1n) is 12.5. The van der Waals surface area contributed by atoms with Crippen molar-refractivity contribution in [3.05, 3.63) is 101 Å². The highest BCUT2D eigenvalue weighted by Gasteiger charge is 2.36. The van der Waals surface area contributed by atoms with E-state index in [4.69, 9.17) is 9.47 Å². The average molecular weight is 470 g/mol. The zero-order valence-corrected chi connectivity index (χ0v) is 20.9. The second kappa shape index (κ2) is 10.2. The van der Waals surface area contributed by atoms with E-state index in [-0.39, 0.29) is 18.9 Å². The minimum Gasteiger partial charge on any atom is -0.359 e. The number of methoxy groups -OCH3 is 1. The van der Waals surface area contributed by atoms with Gasteiger partial charge in [-0.05, 0) is 62.3 Å². The van der Waals surface area contributed by atoms with Gasteiger partial charge in [-0.1, -0.05) is 71.8 Å². The fraction of sp³-hybridized carbons (Fsp3) is 0.367. The summed E-state index contributed by atoms with van der Waals surface area (Å²) < 4.78 is 15.5. The van der Waals surface area contributed by atoms with Crippen LogP contribution in [0.1, 0.15) is 47.2 Å². The molecule has 0 spiro atoms. The van der Waals surface area contributed by atoms with Gasteiger partial charge in [0.15, 0.2) is 0 Å². The second-order valence-electron chi connectivity index (χ2n) is 9.87. The number of hydrogen-bond donors (Lipinski definition) is 1. The molecule has 1 aliphatic carbocycles. The molecule has 1 saturated carbocycles. The Morgan fingerprint density at radius 1 is 0.857 bits per heavy atom. The Morgan fingerprint density at radius 3 is 2.06 bits per heavy atom. The molecule has 3 aromatic carbocycles. The van der Waals surface area contributed by atoms with Crippen molar-refractivity contribution in [3.8, 4) is 0 Å². The van der Waals surface area contributed by atoms with Crippen molar-refractivity contribution in [1.29, 1.82) is 5.41 Å². The number of rotatable bonds is 10. The Hall–Kier alpha value is -3.15. The van der Waals surface area contributed by atoms with Crippen LogP contribution in [-0.4, -0.2) is 29.6 Å². The first-order valence-corrected chi connectivity index (χ1v) is 12.5. The zero-order valence-electron chi connectivity index (χ0n) is 20.9. The van der Waals surface area contributed by atoms with Crippen molar-refractivity contribution in [3.63, 3.8) is 0 Å². The van der Waals surface area contributed by atoms with Crippen molar-refractivity contribution in [1.82, 2.24) is 9.13 Å². The van der Waals surface area contributed by atoms with Crippen LogP contribution in [0.4, 0.5) is 0 Å². The summed E-state index contributed by atoms with van der Waals surface area (Å²) in [4.78, 5) is 0. The lowest BCUT2D eigenvalue weighted by Gasteiger charge is -2.22. The van der Waals surface area contributed by atoms with E-state index < -0.39 is 0 Å². The smallest absolute Gasteiger partial charge is 0.203 e. The number of aromatic nitrogens is 2. The van der Waals surface area contributed by atoms with Crippen LogP contribution in [0.25, 0.3) is 11.0 Å². The fourth-order valence-electron chi connectivity index (χ4n) is 5.16. The second-order valence-corrected chi connectivity index (χ2v) is 9.87. The summed E-state index contributed by atoms with van der Waals surface area (Å²) in [5.41, 5.74) is 7.74. The number of ether oxygens (including phenoxy) is 2. The van der Waals surface area contributed by atoms with Crippen LogP contribution in [0.3, 0.4) is 0 Å². The van der Waals surface area contributed by atoms with E-state index in [2.05, 4.69) is 95.8 Å². The largest absolute Gasteiger partial charge is 0.359 e. The SMILES string of the molecule is COCOCC(Cc1ccc(C)cc1)n1c(=N)n(C(c2ccc(C)cc2)C2CC2)c2ccccc21.